The molecular weight excluding hydrogens is 359 g/mol. The van der Waals surface area contributed by atoms with E-state index in [1.54, 1.807) is 12.1 Å². The maximum atomic E-state index is 12.9. The number of ether oxygens (including phenoxy) is 1. The number of amides is 2. The lowest BCUT2D eigenvalue weighted by atomic mass is 9.87. The quantitative estimate of drug-likeness (QED) is 0.798. The van der Waals surface area contributed by atoms with Crippen LogP contribution in [0.15, 0.2) is 42.5 Å². The number of hydrogen-bond donors (Lipinski definition) is 2. The molecule has 0 bridgehead atoms. The molecule has 2 rings (SSSR count). The molecule has 0 heterocycles. The van der Waals surface area contributed by atoms with E-state index >= 15 is 0 Å². The van der Waals surface area contributed by atoms with Crippen LogP contribution >= 0.6 is 11.6 Å². The van der Waals surface area contributed by atoms with Crippen LogP contribution in [0.1, 0.15) is 36.7 Å². The molecule has 0 fully saturated rings. The van der Waals surface area contributed by atoms with Gasteiger partial charge in [0.05, 0.1) is 5.02 Å². The summed E-state index contributed by atoms with van der Waals surface area (Å²) in [6.07, 6.45) is 0. The van der Waals surface area contributed by atoms with E-state index in [1.807, 2.05) is 12.1 Å². The number of halogens is 2. The molecule has 0 unspecified atom stereocenters. The van der Waals surface area contributed by atoms with Gasteiger partial charge >= 0.3 is 0 Å². The first-order valence-electron chi connectivity index (χ1n) is 7.94. The molecule has 0 aliphatic carbocycles. The van der Waals surface area contributed by atoms with Crippen molar-refractivity contribution in [3.63, 3.8) is 0 Å². The molecule has 2 aromatic rings. The molecule has 0 aliphatic heterocycles. The lowest BCUT2D eigenvalue weighted by Gasteiger charge is -2.19. The number of hydrogen-bond acceptors (Lipinski definition) is 3. The van der Waals surface area contributed by atoms with Crippen LogP contribution in [0, 0.1) is 5.82 Å². The average molecular weight is 379 g/mol. The second-order valence-electron chi connectivity index (χ2n) is 6.69. The maximum Gasteiger partial charge on any atom is 0.276 e. The smallest absolute Gasteiger partial charge is 0.276 e. The zero-order valence-corrected chi connectivity index (χ0v) is 15.5. The second-order valence-corrected chi connectivity index (χ2v) is 7.10. The standard InChI is InChI=1S/C19H20ClFN2O3/c1-19(2,3)13-6-4-12(5-7-13)18(25)23-22-17(24)11-26-16-9-8-14(21)10-15(16)20/h4-10H,11H2,1-3H3,(H,22,24)(H,23,25). The first-order valence-corrected chi connectivity index (χ1v) is 8.32. The summed E-state index contributed by atoms with van der Waals surface area (Å²) < 4.78 is 18.1. The van der Waals surface area contributed by atoms with Crippen LogP contribution in [0.5, 0.6) is 5.75 Å². The molecule has 5 nitrogen and oxygen atoms in total. The van der Waals surface area contributed by atoms with Crippen molar-refractivity contribution in [3.8, 4) is 5.75 Å². The molecule has 138 valence electrons. The minimum Gasteiger partial charge on any atom is -0.482 e. The van der Waals surface area contributed by atoms with E-state index in [9.17, 15) is 14.0 Å². The number of hydrazine groups is 1. The number of nitrogens with one attached hydrogen (secondary N) is 2. The summed E-state index contributed by atoms with van der Waals surface area (Å²) in [5.41, 5.74) is 6.06. The third-order valence-corrected chi connectivity index (χ3v) is 3.88. The van der Waals surface area contributed by atoms with Gasteiger partial charge in [0.1, 0.15) is 11.6 Å². The molecule has 0 spiro atoms. The van der Waals surface area contributed by atoms with Crippen molar-refractivity contribution in [2.45, 2.75) is 26.2 Å². The molecule has 2 N–H and O–H groups in total. The highest BCUT2D eigenvalue weighted by atomic mass is 35.5. The molecule has 0 aromatic heterocycles. The lowest BCUT2D eigenvalue weighted by molar-refractivity contribution is -0.123. The Morgan fingerprint density at radius 1 is 1.08 bits per heavy atom. The highest BCUT2D eigenvalue weighted by Gasteiger charge is 2.14. The van der Waals surface area contributed by atoms with Crippen molar-refractivity contribution < 1.29 is 18.7 Å². The van der Waals surface area contributed by atoms with Gasteiger partial charge in [-0.15, -0.1) is 0 Å². The Kier molecular flexibility index (Phi) is 6.21. The number of benzene rings is 2. The van der Waals surface area contributed by atoms with E-state index < -0.39 is 17.6 Å². The van der Waals surface area contributed by atoms with E-state index in [2.05, 4.69) is 31.6 Å². The van der Waals surface area contributed by atoms with Gasteiger partial charge in [0, 0.05) is 5.56 Å². The summed E-state index contributed by atoms with van der Waals surface area (Å²) in [7, 11) is 0. The van der Waals surface area contributed by atoms with Crippen molar-refractivity contribution in [2.75, 3.05) is 6.61 Å². The predicted octanol–water partition coefficient (Wildman–Crippen LogP) is 3.62. The van der Waals surface area contributed by atoms with Crippen molar-refractivity contribution in [1.29, 1.82) is 0 Å². The monoisotopic (exact) mass is 378 g/mol. The van der Waals surface area contributed by atoms with Crippen LogP contribution in [0.3, 0.4) is 0 Å². The zero-order chi connectivity index (χ0) is 19.3. The van der Waals surface area contributed by atoms with Gasteiger partial charge in [-0.25, -0.2) is 4.39 Å². The second kappa shape index (κ2) is 8.19. The van der Waals surface area contributed by atoms with E-state index in [1.165, 1.54) is 12.1 Å². The molecule has 0 saturated heterocycles. The van der Waals surface area contributed by atoms with Crippen LogP contribution in [-0.2, 0) is 10.2 Å². The van der Waals surface area contributed by atoms with E-state index in [4.69, 9.17) is 16.3 Å². The number of carbonyl (C=O) groups excluding carboxylic acids is 2. The third-order valence-electron chi connectivity index (χ3n) is 3.58. The third kappa shape index (κ3) is 5.46. The Balaban J connectivity index is 1.84. The van der Waals surface area contributed by atoms with Crippen LogP contribution in [-0.4, -0.2) is 18.4 Å². The number of carbonyl (C=O) groups is 2. The molecule has 26 heavy (non-hydrogen) atoms. The van der Waals surface area contributed by atoms with Gasteiger partial charge in [-0.2, -0.15) is 0 Å². The largest absolute Gasteiger partial charge is 0.482 e. The highest BCUT2D eigenvalue weighted by molar-refractivity contribution is 6.32. The summed E-state index contributed by atoms with van der Waals surface area (Å²) in [5, 5.41) is 0.0563. The topological polar surface area (TPSA) is 67.4 Å². The first kappa shape index (κ1) is 19.7. The Labute approximate surface area is 156 Å². The van der Waals surface area contributed by atoms with Gasteiger partial charge in [0.15, 0.2) is 6.61 Å². The fourth-order valence-electron chi connectivity index (χ4n) is 2.09. The SMILES string of the molecule is CC(C)(C)c1ccc(C(=O)NNC(=O)COc2ccc(F)cc2Cl)cc1. The van der Waals surface area contributed by atoms with Gasteiger partial charge < -0.3 is 4.74 Å². The zero-order valence-electron chi connectivity index (χ0n) is 14.7. The summed E-state index contributed by atoms with van der Waals surface area (Å²) in [6, 6.07) is 10.7. The van der Waals surface area contributed by atoms with Gasteiger partial charge in [-0.3, -0.25) is 20.4 Å². The Hall–Kier alpha value is -2.60. The minimum absolute atomic E-state index is 0.0117. The van der Waals surface area contributed by atoms with E-state index in [0.29, 0.717) is 5.56 Å². The fraction of sp³-hybridized carbons (Fsp3) is 0.263. The van der Waals surface area contributed by atoms with Crippen LogP contribution in [0.25, 0.3) is 0 Å². The number of rotatable bonds is 4. The molecule has 0 atom stereocenters. The van der Waals surface area contributed by atoms with Crippen molar-refractivity contribution in [2.24, 2.45) is 0 Å². The summed E-state index contributed by atoms with van der Waals surface area (Å²) in [6.45, 7) is 5.86. The average Bonchev–Trinajstić information content (AvgIpc) is 2.58. The molecule has 2 amide bonds. The van der Waals surface area contributed by atoms with Gasteiger partial charge in [0.2, 0.25) is 0 Å². The lowest BCUT2D eigenvalue weighted by Crippen LogP contribution is -2.43. The Morgan fingerprint density at radius 3 is 2.31 bits per heavy atom. The molecule has 0 radical (unpaired) electrons. The fourth-order valence-corrected chi connectivity index (χ4v) is 2.31. The minimum atomic E-state index is -0.579. The Bertz CT molecular complexity index is 801. The normalized spacial score (nSPS) is 11.0. The van der Waals surface area contributed by atoms with E-state index in [0.717, 1.165) is 11.6 Å². The van der Waals surface area contributed by atoms with E-state index in [-0.39, 0.29) is 22.8 Å². The van der Waals surface area contributed by atoms with Crippen molar-refractivity contribution >= 4 is 23.4 Å². The van der Waals surface area contributed by atoms with Crippen molar-refractivity contribution in [3.05, 3.63) is 64.4 Å². The molecule has 2 aromatic carbocycles. The Morgan fingerprint density at radius 2 is 1.73 bits per heavy atom. The van der Waals surface area contributed by atoms with Gasteiger partial charge in [-0.1, -0.05) is 44.5 Å². The van der Waals surface area contributed by atoms with Gasteiger partial charge in [-0.05, 0) is 41.3 Å². The van der Waals surface area contributed by atoms with Crippen LogP contribution in [0.2, 0.25) is 5.02 Å². The maximum absolute atomic E-state index is 12.9. The first-order chi connectivity index (χ1) is 12.2. The van der Waals surface area contributed by atoms with Crippen LogP contribution in [0.4, 0.5) is 4.39 Å². The van der Waals surface area contributed by atoms with Crippen molar-refractivity contribution in [1.82, 2.24) is 10.9 Å². The molecule has 7 heteroatoms. The summed E-state index contributed by atoms with van der Waals surface area (Å²) in [5.74, 6) is -1.35. The molecular formula is C19H20ClFN2O3. The summed E-state index contributed by atoms with van der Waals surface area (Å²) in [4.78, 5) is 23.8. The molecule has 0 saturated carbocycles. The molecule has 0 aliphatic rings. The van der Waals surface area contributed by atoms with Crippen LogP contribution < -0.4 is 15.6 Å². The highest BCUT2D eigenvalue weighted by Crippen LogP contribution is 2.24. The summed E-state index contributed by atoms with van der Waals surface area (Å²) >= 11 is 5.80. The van der Waals surface area contributed by atoms with Gasteiger partial charge in [0.25, 0.3) is 11.8 Å². The predicted molar refractivity (Wildman–Crippen MR) is 97.7 cm³/mol.